The molecule has 6 heteroatoms. The molecule has 0 aliphatic carbocycles. The van der Waals surface area contributed by atoms with Gasteiger partial charge in [0.15, 0.2) is 0 Å². The summed E-state index contributed by atoms with van der Waals surface area (Å²) in [6, 6.07) is 7.39. The first-order valence-corrected chi connectivity index (χ1v) is 7.78. The number of nitrogens with zero attached hydrogens (tertiary/aromatic N) is 1. The van der Waals surface area contributed by atoms with E-state index in [1.54, 1.807) is 16.2 Å². The Labute approximate surface area is 126 Å². The molecule has 0 spiro atoms. The number of carbonyl (C=O) groups excluding carboxylic acids is 1. The van der Waals surface area contributed by atoms with Crippen LogP contribution in [0.25, 0.3) is 10.1 Å². The quantitative estimate of drug-likeness (QED) is 0.913. The van der Waals surface area contributed by atoms with Crippen LogP contribution in [0, 0.1) is 0 Å². The van der Waals surface area contributed by atoms with Crippen molar-refractivity contribution in [2.75, 3.05) is 11.9 Å². The predicted octanol–water partition coefficient (Wildman–Crippen LogP) is 3.37. The molecule has 2 aromatic rings. The summed E-state index contributed by atoms with van der Waals surface area (Å²) in [5.41, 5.74) is 0.742. The molecule has 2 N–H and O–H groups in total. The van der Waals surface area contributed by atoms with Gasteiger partial charge in [-0.15, -0.1) is 11.3 Å². The van der Waals surface area contributed by atoms with E-state index in [2.05, 4.69) is 5.32 Å². The maximum atomic E-state index is 12.3. The van der Waals surface area contributed by atoms with Crippen molar-refractivity contribution in [3.8, 4) is 0 Å². The largest absolute Gasteiger partial charge is 0.481 e. The van der Waals surface area contributed by atoms with Gasteiger partial charge in [-0.05, 0) is 47.9 Å². The van der Waals surface area contributed by atoms with Crippen LogP contribution < -0.4 is 5.32 Å². The van der Waals surface area contributed by atoms with Crippen molar-refractivity contribution in [1.82, 2.24) is 4.90 Å². The Balaban J connectivity index is 1.71. The van der Waals surface area contributed by atoms with Crippen LogP contribution in [0.2, 0.25) is 0 Å². The van der Waals surface area contributed by atoms with Gasteiger partial charge in [0.25, 0.3) is 0 Å². The number of amides is 2. The van der Waals surface area contributed by atoms with E-state index in [0.717, 1.165) is 23.9 Å². The molecule has 2 heterocycles. The number of carboxylic acids is 1. The lowest BCUT2D eigenvalue weighted by Gasteiger charge is -2.23. The van der Waals surface area contributed by atoms with E-state index >= 15 is 0 Å². The summed E-state index contributed by atoms with van der Waals surface area (Å²) in [4.78, 5) is 24.8. The summed E-state index contributed by atoms with van der Waals surface area (Å²) < 4.78 is 1.18. The molecule has 1 aliphatic rings. The number of anilines is 1. The van der Waals surface area contributed by atoms with E-state index in [4.69, 9.17) is 5.11 Å². The van der Waals surface area contributed by atoms with Gasteiger partial charge in [0.1, 0.15) is 0 Å². The molecule has 110 valence electrons. The van der Waals surface area contributed by atoms with Crippen molar-refractivity contribution in [2.45, 2.75) is 25.3 Å². The van der Waals surface area contributed by atoms with Crippen molar-refractivity contribution >= 4 is 39.1 Å². The van der Waals surface area contributed by atoms with Gasteiger partial charge in [0.2, 0.25) is 0 Å². The first-order chi connectivity index (χ1) is 10.1. The summed E-state index contributed by atoms with van der Waals surface area (Å²) in [7, 11) is 0. The van der Waals surface area contributed by atoms with E-state index in [-0.39, 0.29) is 18.5 Å². The van der Waals surface area contributed by atoms with Gasteiger partial charge in [-0.2, -0.15) is 0 Å². The van der Waals surface area contributed by atoms with E-state index in [0.29, 0.717) is 6.54 Å². The zero-order valence-corrected chi connectivity index (χ0v) is 12.2. The number of nitrogens with one attached hydrogen (secondary N) is 1. The minimum absolute atomic E-state index is 0.0109. The smallest absolute Gasteiger partial charge is 0.322 e. The third-order valence-electron chi connectivity index (χ3n) is 3.75. The van der Waals surface area contributed by atoms with Gasteiger partial charge in [0.05, 0.1) is 6.42 Å². The van der Waals surface area contributed by atoms with Gasteiger partial charge in [-0.3, -0.25) is 4.79 Å². The van der Waals surface area contributed by atoms with Gasteiger partial charge in [0, 0.05) is 23.0 Å². The lowest BCUT2D eigenvalue weighted by Crippen LogP contribution is -2.39. The molecule has 21 heavy (non-hydrogen) atoms. The maximum Gasteiger partial charge on any atom is 0.322 e. The Morgan fingerprint density at radius 3 is 3.05 bits per heavy atom. The van der Waals surface area contributed by atoms with Gasteiger partial charge in [-0.25, -0.2) is 4.79 Å². The predicted molar refractivity (Wildman–Crippen MR) is 82.8 cm³/mol. The molecule has 1 aliphatic heterocycles. The SMILES string of the molecule is O=C(O)CC1CCCN1C(=O)Nc1ccc2sccc2c1. The molecule has 0 radical (unpaired) electrons. The molecule has 3 rings (SSSR count). The van der Waals surface area contributed by atoms with E-state index in [1.807, 2.05) is 29.6 Å². The average Bonchev–Trinajstić information content (AvgIpc) is 3.06. The van der Waals surface area contributed by atoms with Crippen LogP contribution in [0.4, 0.5) is 10.5 Å². The number of hydrogen-bond donors (Lipinski definition) is 2. The number of likely N-dealkylation sites (tertiary alicyclic amines) is 1. The number of carboxylic acid groups (broad SMARTS) is 1. The second kappa shape index (κ2) is 5.73. The van der Waals surface area contributed by atoms with Crippen LogP contribution in [0.1, 0.15) is 19.3 Å². The number of urea groups is 1. The molecule has 1 saturated heterocycles. The summed E-state index contributed by atoms with van der Waals surface area (Å²) in [6.45, 7) is 0.616. The molecule has 1 fully saturated rings. The summed E-state index contributed by atoms with van der Waals surface area (Å²) in [6.07, 6.45) is 1.62. The fraction of sp³-hybridized carbons (Fsp3) is 0.333. The normalized spacial score (nSPS) is 18.1. The van der Waals surface area contributed by atoms with E-state index in [9.17, 15) is 9.59 Å². The van der Waals surface area contributed by atoms with Crippen molar-refractivity contribution in [2.24, 2.45) is 0 Å². The number of fused-ring (bicyclic) bond motifs is 1. The van der Waals surface area contributed by atoms with Gasteiger partial charge < -0.3 is 15.3 Å². The second-order valence-corrected chi connectivity index (χ2v) is 6.14. The number of carbonyl (C=O) groups is 2. The van der Waals surface area contributed by atoms with Crippen LogP contribution in [0.3, 0.4) is 0 Å². The molecule has 1 unspecified atom stereocenters. The number of hydrogen-bond acceptors (Lipinski definition) is 3. The van der Waals surface area contributed by atoms with Crippen molar-refractivity contribution in [3.05, 3.63) is 29.6 Å². The maximum absolute atomic E-state index is 12.3. The third kappa shape index (κ3) is 3.00. The van der Waals surface area contributed by atoms with Crippen molar-refractivity contribution in [1.29, 1.82) is 0 Å². The Morgan fingerprint density at radius 1 is 1.38 bits per heavy atom. The molecule has 0 saturated carbocycles. The zero-order chi connectivity index (χ0) is 14.8. The first-order valence-electron chi connectivity index (χ1n) is 6.90. The number of aliphatic carboxylic acids is 1. The van der Waals surface area contributed by atoms with Crippen LogP contribution in [0.15, 0.2) is 29.6 Å². The van der Waals surface area contributed by atoms with E-state index in [1.165, 1.54) is 4.70 Å². The fourth-order valence-corrected chi connectivity index (χ4v) is 3.53. The van der Waals surface area contributed by atoms with Crippen LogP contribution in [-0.4, -0.2) is 34.6 Å². The second-order valence-electron chi connectivity index (χ2n) is 5.19. The molecular formula is C15H16N2O3S. The highest BCUT2D eigenvalue weighted by Gasteiger charge is 2.30. The number of thiophene rings is 1. The van der Waals surface area contributed by atoms with Gasteiger partial charge in [-0.1, -0.05) is 0 Å². The standard InChI is InChI=1S/C15H16N2O3S/c18-14(19)9-12-2-1-6-17(12)15(20)16-11-3-4-13-10(8-11)5-7-21-13/h3-5,7-8,12H,1-2,6,9H2,(H,16,20)(H,18,19). The van der Waals surface area contributed by atoms with Crippen molar-refractivity contribution in [3.63, 3.8) is 0 Å². The Kier molecular flexibility index (Phi) is 3.79. The average molecular weight is 304 g/mol. The highest BCUT2D eigenvalue weighted by atomic mass is 32.1. The molecule has 1 atom stereocenters. The fourth-order valence-electron chi connectivity index (χ4n) is 2.76. The molecule has 1 aromatic carbocycles. The molecule has 5 nitrogen and oxygen atoms in total. The summed E-state index contributed by atoms with van der Waals surface area (Å²) in [5, 5.41) is 14.9. The minimum atomic E-state index is -0.862. The van der Waals surface area contributed by atoms with Crippen LogP contribution >= 0.6 is 11.3 Å². The lowest BCUT2D eigenvalue weighted by atomic mass is 10.1. The zero-order valence-electron chi connectivity index (χ0n) is 11.4. The highest BCUT2D eigenvalue weighted by molar-refractivity contribution is 7.17. The molecular weight excluding hydrogens is 288 g/mol. The molecule has 2 amide bonds. The summed E-state index contributed by atoms with van der Waals surface area (Å²) in [5.74, 6) is -0.862. The minimum Gasteiger partial charge on any atom is -0.481 e. The molecule has 0 bridgehead atoms. The van der Waals surface area contributed by atoms with Gasteiger partial charge >= 0.3 is 12.0 Å². The lowest BCUT2D eigenvalue weighted by molar-refractivity contribution is -0.137. The van der Waals surface area contributed by atoms with E-state index < -0.39 is 5.97 Å². The monoisotopic (exact) mass is 304 g/mol. The topological polar surface area (TPSA) is 69.6 Å². The van der Waals surface area contributed by atoms with Crippen LogP contribution in [-0.2, 0) is 4.79 Å². The summed E-state index contributed by atoms with van der Waals surface area (Å²) >= 11 is 1.66. The number of benzene rings is 1. The Morgan fingerprint density at radius 2 is 2.24 bits per heavy atom. The van der Waals surface area contributed by atoms with Crippen molar-refractivity contribution < 1.29 is 14.7 Å². The Hall–Kier alpha value is -2.08. The third-order valence-corrected chi connectivity index (χ3v) is 4.65. The van der Waals surface area contributed by atoms with Crippen LogP contribution in [0.5, 0.6) is 0 Å². The number of rotatable bonds is 3. The first kappa shape index (κ1) is 13.9. The Bertz CT molecular complexity index is 682. The molecule has 1 aromatic heterocycles. The highest BCUT2D eigenvalue weighted by Crippen LogP contribution is 2.25.